The van der Waals surface area contributed by atoms with Gasteiger partial charge in [-0.2, -0.15) is 0 Å². The molecule has 0 spiro atoms. The van der Waals surface area contributed by atoms with Crippen LogP contribution in [0.4, 0.5) is 0 Å². The fraction of sp³-hybridized carbons (Fsp3) is 0.421. The number of carbonyl (C=O) groups is 1. The summed E-state index contributed by atoms with van der Waals surface area (Å²) < 4.78 is 0.799. The number of amides is 1. The van der Waals surface area contributed by atoms with Gasteiger partial charge in [-0.3, -0.25) is 9.69 Å². The van der Waals surface area contributed by atoms with Crippen molar-refractivity contribution in [2.75, 3.05) is 13.1 Å². The quantitative estimate of drug-likeness (QED) is 0.795. The molecular formula is C19H23ClN2OS. The van der Waals surface area contributed by atoms with E-state index in [1.165, 1.54) is 16.0 Å². The lowest BCUT2D eigenvalue weighted by Crippen LogP contribution is -2.48. The summed E-state index contributed by atoms with van der Waals surface area (Å²) in [4.78, 5) is 18.4. The zero-order valence-corrected chi connectivity index (χ0v) is 15.7. The van der Waals surface area contributed by atoms with Gasteiger partial charge in [-0.15, -0.1) is 11.3 Å². The number of halogens is 1. The molecule has 3 rings (SSSR count). The normalized spacial score (nSPS) is 15.4. The number of likely N-dealkylation sites (N-methyl/N-ethyl adjacent to an activating group) is 1. The van der Waals surface area contributed by atoms with Gasteiger partial charge in [0.05, 0.1) is 10.4 Å². The minimum absolute atomic E-state index is 0.124. The van der Waals surface area contributed by atoms with Crippen molar-refractivity contribution >= 4 is 28.8 Å². The molecule has 0 saturated carbocycles. The molecule has 2 aromatic rings. The zero-order valence-electron chi connectivity index (χ0n) is 14.2. The standard InChI is InChI=1S/C19H23ClN2OS/c1-3-21(13-17-8-9-18(20)24-17)14(2)19(23)22-11-10-15-6-4-5-7-16(15)12-22/h4-9,14H,3,10-13H2,1-2H3. The Morgan fingerprint density at radius 2 is 2.04 bits per heavy atom. The van der Waals surface area contributed by atoms with Crippen LogP contribution < -0.4 is 0 Å². The van der Waals surface area contributed by atoms with Gasteiger partial charge in [-0.05, 0) is 43.1 Å². The van der Waals surface area contributed by atoms with Gasteiger partial charge < -0.3 is 4.90 Å². The fourth-order valence-electron chi connectivity index (χ4n) is 3.26. The Balaban J connectivity index is 1.67. The number of hydrogen-bond donors (Lipinski definition) is 0. The molecule has 1 unspecified atom stereocenters. The van der Waals surface area contributed by atoms with Crippen molar-refractivity contribution in [3.05, 3.63) is 56.7 Å². The second kappa shape index (κ2) is 7.68. The van der Waals surface area contributed by atoms with E-state index in [0.717, 1.165) is 36.9 Å². The van der Waals surface area contributed by atoms with E-state index in [4.69, 9.17) is 11.6 Å². The van der Waals surface area contributed by atoms with Crippen molar-refractivity contribution < 1.29 is 4.79 Å². The minimum Gasteiger partial charge on any atom is -0.337 e. The van der Waals surface area contributed by atoms with Gasteiger partial charge in [0, 0.05) is 24.5 Å². The van der Waals surface area contributed by atoms with Crippen LogP contribution in [-0.2, 0) is 24.3 Å². The topological polar surface area (TPSA) is 23.6 Å². The highest BCUT2D eigenvalue weighted by Gasteiger charge is 2.28. The van der Waals surface area contributed by atoms with E-state index in [1.807, 2.05) is 24.0 Å². The summed E-state index contributed by atoms with van der Waals surface area (Å²) in [5.41, 5.74) is 2.65. The summed E-state index contributed by atoms with van der Waals surface area (Å²) in [6.45, 7) is 7.26. The molecule has 1 aromatic carbocycles. The molecule has 0 fully saturated rings. The molecule has 1 aromatic heterocycles. The maximum Gasteiger partial charge on any atom is 0.239 e. The van der Waals surface area contributed by atoms with Gasteiger partial charge in [0.1, 0.15) is 0 Å². The molecule has 0 saturated heterocycles. The summed E-state index contributed by atoms with van der Waals surface area (Å²) >= 11 is 7.61. The lowest BCUT2D eigenvalue weighted by Gasteiger charge is -2.34. The van der Waals surface area contributed by atoms with Crippen LogP contribution in [0.1, 0.15) is 29.9 Å². The van der Waals surface area contributed by atoms with Crippen molar-refractivity contribution in [1.82, 2.24) is 9.80 Å². The average Bonchev–Trinajstić information content (AvgIpc) is 3.03. The Labute approximate surface area is 152 Å². The summed E-state index contributed by atoms with van der Waals surface area (Å²) in [7, 11) is 0. The van der Waals surface area contributed by atoms with Gasteiger partial charge in [0.15, 0.2) is 0 Å². The second-order valence-corrected chi connectivity index (χ2v) is 8.02. The Hall–Kier alpha value is -1.36. The third-order valence-electron chi connectivity index (χ3n) is 4.74. The van der Waals surface area contributed by atoms with E-state index >= 15 is 0 Å². The van der Waals surface area contributed by atoms with Crippen LogP contribution in [0, 0.1) is 0 Å². The summed E-state index contributed by atoms with van der Waals surface area (Å²) in [5.74, 6) is 0.217. The first-order chi connectivity index (χ1) is 11.6. The van der Waals surface area contributed by atoms with Crippen LogP contribution in [0.5, 0.6) is 0 Å². The molecule has 2 heterocycles. The molecule has 1 atom stereocenters. The summed E-state index contributed by atoms with van der Waals surface area (Å²) in [6, 6.07) is 12.3. The fourth-order valence-corrected chi connectivity index (χ4v) is 4.38. The van der Waals surface area contributed by atoms with E-state index in [0.29, 0.717) is 0 Å². The molecule has 5 heteroatoms. The van der Waals surface area contributed by atoms with E-state index in [-0.39, 0.29) is 11.9 Å². The van der Waals surface area contributed by atoms with Crippen molar-refractivity contribution in [2.45, 2.75) is 39.4 Å². The van der Waals surface area contributed by atoms with Crippen molar-refractivity contribution in [3.8, 4) is 0 Å². The van der Waals surface area contributed by atoms with Crippen LogP contribution in [-0.4, -0.2) is 34.8 Å². The smallest absolute Gasteiger partial charge is 0.239 e. The van der Waals surface area contributed by atoms with Gasteiger partial charge >= 0.3 is 0 Å². The third-order valence-corrected chi connectivity index (χ3v) is 5.96. The molecule has 0 radical (unpaired) electrons. The number of benzene rings is 1. The monoisotopic (exact) mass is 362 g/mol. The zero-order chi connectivity index (χ0) is 17.1. The highest BCUT2D eigenvalue weighted by Crippen LogP contribution is 2.24. The second-order valence-electron chi connectivity index (χ2n) is 6.22. The average molecular weight is 363 g/mol. The summed E-state index contributed by atoms with van der Waals surface area (Å²) in [6.07, 6.45) is 0.946. The molecule has 24 heavy (non-hydrogen) atoms. The van der Waals surface area contributed by atoms with Crippen molar-refractivity contribution in [1.29, 1.82) is 0 Å². The molecule has 3 nitrogen and oxygen atoms in total. The van der Waals surface area contributed by atoms with Gasteiger partial charge in [-0.25, -0.2) is 0 Å². The van der Waals surface area contributed by atoms with Gasteiger partial charge in [0.25, 0.3) is 0 Å². The first-order valence-electron chi connectivity index (χ1n) is 8.42. The van der Waals surface area contributed by atoms with Gasteiger partial charge in [-0.1, -0.05) is 42.8 Å². The predicted molar refractivity (Wildman–Crippen MR) is 100 cm³/mol. The first-order valence-corrected chi connectivity index (χ1v) is 9.61. The highest BCUT2D eigenvalue weighted by molar-refractivity contribution is 7.16. The molecule has 1 aliphatic rings. The molecule has 128 valence electrons. The number of carbonyl (C=O) groups excluding carboxylic acids is 1. The third kappa shape index (κ3) is 3.82. The van der Waals surface area contributed by atoms with E-state index in [1.54, 1.807) is 11.3 Å². The molecular weight excluding hydrogens is 340 g/mol. The van der Waals surface area contributed by atoms with E-state index in [9.17, 15) is 4.79 Å². The largest absolute Gasteiger partial charge is 0.337 e. The first kappa shape index (κ1) is 17.5. The van der Waals surface area contributed by atoms with Crippen molar-refractivity contribution in [2.24, 2.45) is 0 Å². The molecule has 0 aliphatic carbocycles. The molecule has 1 aliphatic heterocycles. The molecule has 0 bridgehead atoms. The lowest BCUT2D eigenvalue weighted by atomic mass is 9.99. The Kier molecular flexibility index (Phi) is 5.59. The van der Waals surface area contributed by atoms with E-state index in [2.05, 4.69) is 36.1 Å². The summed E-state index contributed by atoms with van der Waals surface area (Å²) in [5, 5.41) is 0. The van der Waals surface area contributed by atoms with Crippen LogP contribution >= 0.6 is 22.9 Å². The van der Waals surface area contributed by atoms with Crippen LogP contribution in [0.25, 0.3) is 0 Å². The molecule has 1 amide bonds. The number of fused-ring (bicyclic) bond motifs is 1. The number of hydrogen-bond acceptors (Lipinski definition) is 3. The Bertz CT molecular complexity index is 715. The Morgan fingerprint density at radius 1 is 1.29 bits per heavy atom. The lowest BCUT2D eigenvalue weighted by molar-refractivity contribution is -0.137. The predicted octanol–water partition coefficient (Wildman–Crippen LogP) is 4.20. The number of thiophene rings is 1. The number of rotatable bonds is 5. The van der Waals surface area contributed by atoms with Gasteiger partial charge in [0.2, 0.25) is 5.91 Å². The van der Waals surface area contributed by atoms with Crippen LogP contribution in [0.2, 0.25) is 4.34 Å². The van der Waals surface area contributed by atoms with Crippen LogP contribution in [0.3, 0.4) is 0 Å². The number of nitrogens with zero attached hydrogens (tertiary/aromatic N) is 2. The minimum atomic E-state index is -0.124. The molecule has 0 N–H and O–H groups in total. The van der Waals surface area contributed by atoms with E-state index < -0.39 is 0 Å². The maximum absolute atomic E-state index is 13.0. The maximum atomic E-state index is 13.0. The highest BCUT2D eigenvalue weighted by atomic mass is 35.5. The Morgan fingerprint density at radius 3 is 2.71 bits per heavy atom. The van der Waals surface area contributed by atoms with Crippen molar-refractivity contribution in [3.63, 3.8) is 0 Å². The SMILES string of the molecule is CCN(Cc1ccc(Cl)s1)C(C)C(=O)N1CCc2ccccc2C1. The van der Waals surface area contributed by atoms with Crippen LogP contribution in [0.15, 0.2) is 36.4 Å².